The summed E-state index contributed by atoms with van der Waals surface area (Å²) in [7, 11) is 3.41. The Labute approximate surface area is 167 Å². The van der Waals surface area contributed by atoms with Gasteiger partial charge in [-0.1, -0.05) is 23.5 Å². The lowest BCUT2D eigenvalue weighted by atomic mass is 10.2. The van der Waals surface area contributed by atoms with Crippen molar-refractivity contribution in [3.05, 3.63) is 66.4 Å². The van der Waals surface area contributed by atoms with Crippen LogP contribution in [0.3, 0.4) is 0 Å². The van der Waals surface area contributed by atoms with E-state index in [0.29, 0.717) is 18.0 Å². The molecule has 5 nitrogen and oxygen atoms in total. The van der Waals surface area contributed by atoms with Crippen LogP contribution in [0, 0.1) is 0 Å². The SMILES string of the molecule is COc1ccc(-c2ccc(CCC(=O)N(C)c3nc4ccccc4s3)o2)cc1. The van der Waals surface area contributed by atoms with Crippen molar-refractivity contribution in [1.29, 1.82) is 0 Å². The van der Waals surface area contributed by atoms with E-state index in [1.807, 2.05) is 60.7 Å². The molecule has 2 heterocycles. The lowest BCUT2D eigenvalue weighted by Crippen LogP contribution is -2.26. The highest BCUT2D eigenvalue weighted by atomic mass is 32.1. The van der Waals surface area contributed by atoms with Gasteiger partial charge in [0.1, 0.15) is 17.3 Å². The highest BCUT2D eigenvalue weighted by Gasteiger charge is 2.16. The molecule has 28 heavy (non-hydrogen) atoms. The zero-order chi connectivity index (χ0) is 19.5. The van der Waals surface area contributed by atoms with Gasteiger partial charge in [-0.2, -0.15) is 0 Å². The zero-order valence-electron chi connectivity index (χ0n) is 15.7. The summed E-state index contributed by atoms with van der Waals surface area (Å²) in [5, 5.41) is 0.713. The number of aryl methyl sites for hydroxylation is 1. The van der Waals surface area contributed by atoms with Crippen molar-refractivity contribution in [2.45, 2.75) is 12.8 Å². The van der Waals surface area contributed by atoms with Gasteiger partial charge in [-0.05, 0) is 48.5 Å². The third kappa shape index (κ3) is 3.77. The maximum Gasteiger partial charge on any atom is 0.228 e. The van der Waals surface area contributed by atoms with E-state index in [0.717, 1.165) is 33.1 Å². The van der Waals surface area contributed by atoms with Crippen molar-refractivity contribution in [2.75, 3.05) is 19.1 Å². The molecule has 6 heteroatoms. The summed E-state index contributed by atoms with van der Waals surface area (Å²) < 4.78 is 12.2. The molecule has 4 aromatic rings. The first-order valence-corrected chi connectivity index (χ1v) is 9.81. The average Bonchev–Trinajstić information content (AvgIpc) is 3.38. The number of carbonyl (C=O) groups is 1. The Kier molecular flexibility index (Phi) is 5.12. The van der Waals surface area contributed by atoms with Crippen molar-refractivity contribution >= 4 is 32.6 Å². The Balaban J connectivity index is 1.39. The maximum absolute atomic E-state index is 12.6. The van der Waals surface area contributed by atoms with Gasteiger partial charge in [0.05, 0.1) is 17.3 Å². The fraction of sp³-hybridized carbons (Fsp3) is 0.182. The molecule has 0 atom stereocenters. The normalized spacial score (nSPS) is 10.9. The van der Waals surface area contributed by atoms with Crippen molar-refractivity contribution < 1.29 is 13.9 Å². The van der Waals surface area contributed by atoms with Crippen LogP contribution in [-0.4, -0.2) is 25.0 Å². The molecular formula is C22H20N2O3S. The standard InChI is InChI=1S/C22H20N2O3S/c1-24(22-23-18-5-3-4-6-20(18)28-22)21(25)14-12-17-11-13-19(27-17)15-7-9-16(26-2)10-8-15/h3-11,13H,12,14H2,1-2H3. The molecule has 0 spiro atoms. The first kappa shape index (κ1) is 18.3. The summed E-state index contributed by atoms with van der Waals surface area (Å²) in [4.78, 5) is 18.7. The monoisotopic (exact) mass is 392 g/mol. The number of hydrogen-bond donors (Lipinski definition) is 0. The molecule has 0 fully saturated rings. The molecule has 4 rings (SSSR count). The number of amides is 1. The lowest BCUT2D eigenvalue weighted by molar-refractivity contribution is -0.118. The Morgan fingerprint density at radius 1 is 1.11 bits per heavy atom. The lowest BCUT2D eigenvalue weighted by Gasteiger charge is -2.12. The summed E-state index contributed by atoms with van der Waals surface area (Å²) in [6.07, 6.45) is 0.909. The minimum Gasteiger partial charge on any atom is -0.497 e. The number of benzene rings is 2. The predicted molar refractivity (Wildman–Crippen MR) is 112 cm³/mol. The number of fused-ring (bicyclic) bond motifs is 1. The quantitative estimate of drug-likeness (QED) is 0.455. The van der Waals surface area contributed by atoms with Crippen LogP contribution in [0.5, 0.6) is 5.75 Å². The number of aromatic nitrogens is 1. The first-order valence-electron chi connectivity index (χ1n) is 8.99. The van der Waals surface area contributed by atoms with Crippen LogP contribution in [0.2, 0.25) is 0 Å². The third-order valence-corrected chi connectivity index (χ3v) is 5.68. The molecule has 2 aromatic carbocycles. The number of rotatable bonds is 6. The predicted octanol–water partition coefficient (Wildman–Crippen LogP) is 5.16. The van der Waals surface area contributed by atoms with Gasteiger partial charge in [0, 0.05) is 25.5 Å². The molecule has 0 bridgehead atoms. The van der Waals surface area contributed by atoms with E-state index in [9.17, 15) is 4.79 Å². The van der Waals surface area contributed by atoms with Crippen LogP contribution < -0.4 is 9.64 Å². The van der Waals surface area contributed by atoms with E-state index in [-0.39, 0.29) is 5.91 Å². The van der Waals surface area contributed by atoms with Gasteiger partial charge in [0.2, 0.25) is 5.91 Å². The van der Waals surface area contributed by atoms with Crippen LogP contribution in [0.15, 0.2) is 65.1 Å². The van der Waals surface area contributed by atoms with Crippen molar-refractivity contribution in [2.24, 2.45) is 0 Å². The highest BCUT2D eigenvalue weighted by molar-refractivity contribution is 7.22. The molecule has 0 saturated heterocycles. The van der Waals surface area contributed by atoms with E-state index >= 15 is 0 Å². The molecule has 142 valence electrons. The summed E-state index contributed by atoms with van der Waals surface area (Å²) in [6.45, 7) is 0. The Hall–Kier alpha value is -3.12. The number of carbonyl (C=O) groups excluding carboxylic acids is 1. The van der Waals surface area contributed by atoms with E-state index in [4.69, 9.17) is 9.15 Å². The summed E-state index contributed by atoms with van der Waals surface area (Å²) in [5.41, 5.74) is 1.89. The van der Waals surface area contributed by atoms with Crippen molar-refractivity contribution in [1.82, 2.24) is 4.98 Å². The zero-order valence-corrected chi connectivity index (χ0v) is 16.5. The van der Waals surface area contributed by atoms with Crippen LogP contribution in [0.1, 0.15) is 12.2 Å². The van der Waals surface area contributed by atoms with Crippen LogP contribution >= 0.6 is 11.3 Å². The Morgan fingerprint density at radius 2 is 1.89 bits per heavy atom. The molecule has 0 aliphatic rings. The van der Waals surface area contributed by atoms with Crippen LogP contribution in [0.25, 0.3) is 21.5 Å². The van der Waals surface area contributed by atoms with Crippen LogP contribution in [0.4, 0.5) is 5.13 Å². The molecule has 1 amide bonds. The second kappa shape index (κ2) is 7.86. The van der Waals surface area contributed by atoms with Gasteiger partial charge in [-0.3, -0.25) is 9.69 Å². The van der Waals surface area contributed by atoms with Gasteiger partial charge in [-0.15, -0.1) is 0 Å². The molecule has 0 aliphatic carbocycles. The molecule has 0 aliphatic heterocycles. The molecule has 0 unspecified atom stereocenters. The van der Waals surface area contributed by atoms with Gasteiger partial charge in [-0.25, -0.2) is 4.98 Å². The summed E-state index contributed by atoms with van der Waals surface area (Å²) >= 11 is 1.52. The van der Waals surface area contributed by atoms with Crippen LogP contribution in [-0.2, 0) is 11.2 Å². The average molecular weight is 392 g/mol. The fourth-order valence-electron chi connectivity index (χ4n) is 2.93. The molecule has 0 radical (unpaired) electrons. The smallest absolute Gasteiger partial charge is 0.228 e. The number of anilines is 1. The minimum absolute atomic E-state index is 0.0152. The summed E-state index contributed by atoms with van der Waals surface area (Å²) in [5.74, 6) is 2.39. The number of methoxy groups -OCH3 is 1. The van der Waals surface area contributed by atoms with E-state index < -0.39 is 0 Å². The second-order valence-electron chi connectivity index (χ2n) is 6.41. The number of thiazole rings is 1. The molecular weight excluding hydrogens is 372 g/mol. The number of furan rings is 1. The Morgan fingerprint density at radius 3 is 2.64 bits per heavy atom. The third-order valence-electron chi connectivity index (χ3n) is 4.57. The molecule has 0 N–H and O–H groups in total. The fourth-order valence-corrected chi connectivity index (χ4v) is 3.88. The topological polar surface area (TPSA) is 55.6 Å². The Bertz CT molecular complexity index is 1070. The maximum atomic E-state index is 12.6. The first-order chi connectivity index (χ1) is 13.6. The number of nitrogens with zero attached hydrogens (tertiary/aromatic N) is 2. The second-order valence-corrected chi connectivity index (χ2v) is 7.42. The van der Waals surface area contributed by atoms with Gasteiger partial charge in [0.25, 0.3) is 0 Å². The van der Waals surface area contributed by atoms with Crippen molar-refractivity contribution in [3.63, 3.8) is 0 Å². The minimum atomic E-state index is 0.0152. The van der Waals surface area contributed by atoms with Gasteiger partial charge in [0.15, 0.2) is 5.13 Å². The number of ether oxygens (including phenoxy) is 1. The molecule has 2 aromatic heterocycles. The van der Waals surface area contributed by atoms with E-state index in [2.05, 4.69) is 4.98 Å². The van der Waals surface area contributed by atoms with Crippen molar-refractivity contribution in [3.8, 4) is 17.1 Å². The number of para-hydroxylation sites is 1. The number of hydrogen-bond acceptors (Lipinski definition) is 5. The van der Waals surface area contributed by atoms with E-state index in [1.165, 1.54) is 11.3 Å². The van der Waals surface area contributed by atoms with Gasteiger partial charge < -0.3 is 9.15 Å². The van der Waals surface area contributed by atoms with E-state index in [1.54, 1.807) is 19.1 Å². The molecule has 0 saturated carbocycles. The summed E-state index contributed by atoms with van der Waals surface area (Å²) in [6, 6.07) is 19.4. The largest absolute Gasteiger partial charge is 0.497 e. The van der Waals surface area contributed by atoms with Gasteiger partial charge >= 0.3 is 0 Å². The highest BCUT2D eigenvalue weighted by Crippen LogP contribution is 2.29.